The molecule has 11 nitrogen and oxygen atoms in total. The van der Waals surface area contributed by atoms with Crippen LogP contribution >= 0.6 is 0 Å². The van der Waals surface area contributed by atoms with E-state index in [0.29, 0.717) is 24.8 Å². The second-order valence-electron chi connectivity index (χ2n) is 12.8. The Morgan fingerprint density at radius 3 is 2.46 bits per heavy atom. The van der Waals surface area contributed by atoms with Gasteiger partial charge in [-0.2, -0.15) is 0 Å². The van der Waals surface area contributed by atoms with Crippen LogP contribution in [0.3, 0.4) is 0 Å². The first-order valence-electron chi connectivity index (χ1n) is 13.4. The van der Waals surface area contributed by atoms with Gasteiger partial charge in [-0.15, -0.1) is 0 Å². The van der Waals surface area contributed by atoms with Crippen LogP contribution in [0, 0.1) is 34.0 Å². The van der Waals surface area contributed by atoms with Gasteiger partial charge in [0.15, 0.2) is 6.29 Å². The molecule has 0 radical (unpaired) electrons. The number of ether oxygens (including phenoxy) is 3. The van der Waals surface area contributed by atoms with Crippen LogP contribution in [0.2, 0.25) is 0 Å². The van der Waals surface area contributed by atoms with Crippen LogP contribution in [0.5, 0.6) is 0 Å². The van der Waals surface area contributed by atoms with Gasteiger partial charge in [-0.1, -0.05) is 13.5 Å². The molecule has 11 heteroatoms. The quantitative estimate of drug-likeness (QED) is 0.188. The molecule has 7 fully saturated rings. The van der Waals surface area contributed by atoms with Gasteiger partial charge in [0.2, 0.25) is 5.79 Å². The molecule has 210 valence electrons. The molecule has 7 rings (SSSR count). The van der Waals surface area contributed by atoms with E-state index in [2.05, 4.69) is 6.58 Å². The summed E-state index contributed by atoms with van der Waals surface area (Å²) in [5.74, 6) is -2.82. The Kier molecular flexibility index (Phi) is 6.02. The molecule has 3 saturated heterocycles. The van der Waals surface area contributed by atoms with E-state index >= 15 is 0 Å². The van der Waals surface area contributed by atoms with Crippen molar-refractivity contribution >= 4 is 0 Å². The zero-order chi connectivity index (χ0) is 26.7. The van der Waals surface area contributed by atoms with Gasteiger partial charge >= 0.3 is 0 Å². The van der Waals surface area contributed by atoms with Crippen molar-refractivity contribution in [1.82, 2.24) is 0 Å². The fraction of sp³-hybridized carbons (Fsp3) is 0.923. The maximum Gasteiger partial charge on any atom is 0.201 e. The molecule has 0 aromatic heterocycles. The van der Waals surface area contributed by atoms with Crippen molar-refractivity contribution in [1.29, 1.82) is 0 Å². The highest BCUT2D eigenvalue weighted by Gasteiger charge is 2.83. The lowest BCUT2D eigenvalue weighted by molar-refractivity contribution is -0.463. The summed E-state index contributed by atoms with van der Waals surface area (Å²) in [6.45, 7) is 5.24. The highest BCUT2D eigenvalue weighted by atomic mass is 16.7. The summed E-state index contributed by atoms with van der Waals surface area (Å²) in [6.07, 6.45) is -7.68. The van der Waals surface area contributed by atoms with E-state index in [1.165, 1.54) is 0 Å². The molecular formula is C26H40O11. The molecule has 2 spiro atoms. The van der Waals surface area contributed by atoms with Crippen molar-refractivity contribution in [3.05, 3.63) is 12.2 Å². The highest BCUT2D eigenvalue weighted by molar-refractivity contribution is 5.34. The largest absolute Gasteiger partial charge is 0.394 e. The summed E-state index contributed by atoms with van der Waals surface area (Å²) in [7, 11) is 0. The van der Waals surface area contributed by atoms with Gasteiger partial charge in [-0.3, -0.25) is 0 Å². The van der Waals surface area contributed by atoms with Crippen LogP contribution in [-0.4, -0.2) is 115 Å². The van der Waals surface area contributed by atoms with Crippen molar-refractivity contribution in [2.45, 2.75) is 93.8 Å². The number of aliphatic hydroxyl groups excluding tert-OH is 7. The highest BCUT2D eigenvalue weighted by Crippen LogP contribution is 2.77. The van der Waals surface area contributed by atoms with Crippen molar-refractivity contribution in [2.24, 2.45) is 34.0 Å². The normalized spacial score (nSPS) is 60.8. The predicted molar refractivity (Wildman–Crippen MR) is 124 cm³/mol. The van der Waals surface area contributed by atoms with Crippen LogP contribution in [0.4, 0.5) is 0 Å². The summed E-state index contributed by atoms with van der Waals surface area (Å²) in [4.78, 5) is 0. The summed E-state index contributed by atoms with van der Waals surface area (Å²) >= 11 is 0. The molecule has 15 unspecified atom stereocenters. The second kappa shape index (κ2) is 8.40. The van der Waals surface area contributed by atoms with E-state index in [0.717, 1.165) is 12.8 Å². The van der Waals surface area contributed by atoms with E-state index in [9.17, 15) is 40.9 Å². The minimum atomic E-state index is -2.04. The second-order valence-corrected chi connectivity index (χ2v) is 12.8. The van der Waals surface area contributed by atoms with Crippen molar-refractivity contribution in [3.8, 4) is 0 Å². The Hall–Kier alpha value is -0.700. The first-order chi connectivity index (χ1) is 17.4. The monoisotopic (exact) mass is 528 g/mol. The van der Waals surface area contributed by atoms with Gasteiger partial charge in [0, 0.05) is 16.7 Å². The molecule has 0 aromatic rings. The standard InChI is InChI=1S/C26H40O11/c1-11-12-3-4-14-24-6-5-15(28)23(2,9-35-22-18(31)17(30)16(29)13(8-27)37-22)19(24)21(33)26(34,36-10-24)25(14,7-12)20(11)32/h12-22,27-34H,1,3-10H2,2H3. The number of hydrogen-bond acceptors (Lipinski definition) is 11. The Morgan fingerprint density at radius 2 is 1.76 bits per heavy atom. The smallest absolute Gasteiger partial charge is 0.201 e. The van der Waals surface area contributed by atoms with Gasteiger partial charge in [0.1, 0.15) is 30.5 Å². The van der Waals surface area contributed by atoms with Crippen LogP contribution in [0.1, 0.15) is 39.0 Å². The van der Waals surface area contributed by atoms with Crippen LogP contribution < -0.4 is 0 Å². The lowest BCUT2D eigenvalue weighted by atomic mass is 9.36. The number of hydrogen-bond donors (Lipinski definition) is 8. The number of fused-ring (bicyclic) bond motifs is 2. The zero-order valence-electron chi connectivity index (χ0n) is 21.0. The summed E-state index contributed by atoms with van der Waals surface area (Å²) < 4.78 is 17.5. The first-order valence-corrected chi connectivity index (χ1v) is 13.4. The van der Waals surface area contributed by atoms with E-state index < -0.39 is 83.6 Å². The van der Waals surface area contributed by atoms with Gasteiger partial charge in [-0.05, 0) is 49.5 Å². The zero-order valence-corrected chi connectivity index (χ0v) is 21.0. The third-order valence-electron chi connectivity index (χ3n) is 11.4. The average Bonchev–Trinajstić information content (AvgIpc) is 3.07. The van der Waals surface area contributed by atoms with Gasteiger partial charge in [0.25, 0.3) is 0 Å². The van der Waals surface area contributed by atoms with Gasteiger partial charge in [0.05, 0.1) is 37.4 Å². The molecule has 4 saturated carbocycles. The van der Waals surface area contributed by atoms with Crippen LogP contribution in [-0.2, 0) is 14.2 Å². The average molecular weight is 529 g/mol. The van der Waals surface area contributed by atoms with Crippen molar-refractivity contribution in [2.75, 3.05) is 19.8 Å². The Bertz CT molecular complexity index is 941. The maximum absolute atomic E-state index is 12.0. The minimum Gasteiger partial charge on any atom is -0.394 e. The SMILES string of the molecule is C=C1C2CCC3C45CCC(O)C(C)(COC6OC(CO)C(O)C(O)C6O)C4C(O)C(O)(OC5)C3(C2)C1O. The van der Waals surface area contributed by atoms with E-state index in [4.69, 9.17) is 14.2 Å². The number of aliphatic hydroxyl groups is 8. The molecule has 4 bridgehead atoms. The molecule has 3 aliphatic heterocycles. The van der Waals surface area contributed by atoms with Crippen molar-refractivity contribution in [3.63, 3.8) is 0 Å². The Labute approximate surface area is 215 Å². The molecule has 4 aliphatic carbocycles. The fourth-order valence-electron chi connectivity index (χ4n) is 9.54. The lowest BCUT2D eigenvalue weighted by Gasteiger charge is -2.75. The van der Waals surface area contributed by atoms with E-state index in [1.807, 2.05) is 0 Å². The predicted octanol–water partition coefficient (Wildman–Crippen LogP) is -2.01. The van der Waals surface area contributed by atoms with Crippen LogP contribution in [0.15, 0.2) is 12.2 Å². The summed E-state index contributed by atoms with van der Waals surface area (Å²) in [5, 5.41) is 86.8. The summed E-state index contributed by atoms with van der Waals surface area (Å²) in [6, 6.07) is 0. The molecular weight excluding hydrogens is 488 g/mol. The molecule has 0 amide bonds. The molecule has 0 aromatic carbocycles. The van der Waals surface area contributed by atoms with Gasteiger partial charge < -0.3 is 55.1 Å². The topological polar surface area (TPSA) is 190 Å². The molecule has 37 heavy (non-hydrogen) atoms. The molecule has 15 atom stereocenters. The van der Waals surface area contributed by atoms with Gasteiger partial charge in [-0.25, -0.2) is 0 Å². The fourth-order valence-corrected chi connectivity index (χ4v) is 9.54. The first kappa shape index (κ1) is 26.5. The summed E-state index contributed by atoms with van der Waals surface area (Å²) in [5.41, 5.74) is -2.17. The molecule has 7 aliphatic rings. The molecule has 8 N–H and O–H groups in total. The van der Waals surface area contributed by atoms with E-state index in [1.54, 1.807) is 6.92 Å². The third-order valence-corrected chi connectivity index (χ3v) is 11.4. The Balaban J connectivity index is 1.35. The van der Waals surface area contributed by atoms with E-state index in [-0.39, 0.29) is 25.0 Å². The van der Waals surface area contributed by atoms with Crippen molar-refractivity contribution < 1.29 is 55.1 Å². The molecule has 3 heterocycles. The third kappa shape index (κ3) is 3.05. The lowest BCUT2D eigenvalue weighted by Crippen LogP contribution is -2.83. The maximum atomic E-state index is 12.0. The Morgan fingerprint density at radius 1 is 1.03 bits per heavy atom. The van der Waals surface area contributed by atoms with Crippen LogP contribution in [0.25, 0.3) is 0 Å². The minimum absolute atomic E-state index is 0.0513. The number of rotatable bonds is 4.